The lowest BCUT2D eigenvalue weighted by molar-refractivity contribution is -0.207. The van der Waals surface area contributed by atoms with E-state index in [4.69, 9.17) is 16.3 Å². The van der Waals surface area contributed by atoms with E-state index in [1.165, 1.54) is 12.0 Å². The first-order valence-electron chi connectivity index (χ1n) is 13.6. The van der Waals surface area contributed by atoms with Gasteiger partial charge in [-0.15, -0.1) is 0 Å². The highest BCUT2D eigenvalue weighted by atomic mass is 16.6. The number of hydrogen-bond donors (Lipinski definition) is 5. The van der Waals surface area contributed by atoms with Crippen molar-refractivity contribution in [2.45, 2.75) is 96.7 Å². The van der Waals surface area contributed by atoms with Gasteiger partial charge in [-0.2, -0.15) is 5.48 Å². The van der Waals surface area contributed by atoms with Crippen molar-refractivity contribution in [3.05, 3.63) is 11.6 Å². The Kier molecular flexibility index (Phi) is 7.68. The van der Waals surface area contributed by atoms with E-state index in [2.05, 4.69) is 37.3 Å². The highest BCUT2D eigenvalue weighted by molar-refractivity contribution is 5.75. The zero-order valence-corrected chi connectivity index (χ0v) is 21.6. The summed E-state index contributed by atoms with van der Waals surface area (Å²) in [5, 5.41) is 22.6. The van der Waals surface area contributed by atoms with Crippen molar-refractivity contribution in [1.82, 2.24) is 5.48 Å². The molecule has 0 amide bonds. The molecule has 0 unspecified atom stereocenters. The van der Waals surface area contributed by atoms with Gasteiger partial charge in [-0.3, -0.25) is 4.99 Å². The lowest BCUT2D eigenvalue weighted by Crippen LogP contribution is -2.62. The molecule has 0 aliphatic heterocycles. The number of aliphatic hydroxyl groups is 2. The fourth-order valence-corrected chi connectivity index (χ4v) is 8.50. The average molecular weight is 477 g/mol. The van der Waals surface area contributed by atoms with Crippen molar-refractivity contribution in [2.75, 3.05) is 19.7 Å². The number of rotatable bonds is 8. The van der Waals surface area contributed by atoms with Gasteiger partial charge in [0.2, 0.25) is 0 Å². The van der Waals surface area contributed by atoms with Crippen LogP contribution in [0.25, 0.3) is 0 Å². The van der Waals surface area contributed by atoms with Crippen molar-refractivity contribution in [1.29, 1.82) is 0 Å². The van der Waals surface area contributed by atoms with Crippen LogP contribution in [0.1, 0.15) is 85.0 Å². The summed E-state index contributed by atoms with van der Waals surface area (Å²) in [6.45, 7) is 8.80. The van der Waals surface area contributed by atoms with E-state index in [1.54, 1.807) is 0 Å². The van der Waals surface area contributed by atoms with Crippen LogP contribution in [0.4, 0.5) is 0 Å². The molecule has 4 aliphatic carbocycles. The van der Waals surface area contributed by atoms with E-state index in [-0.39, 0.29) is 22.9 Å². The Morgan fingerprint density at radius 3 is 2.65 bits per heavy atom. The fraction of sp³-hybridized carbons (Fsp3) is 0.889. The Bertz CT molecular complexity index is 784. The standard InChI is InChI=1S/C27H48N4O3/c1-18(17-31-34-14-4-13-30-24(28)29)15-20-7-12-27(33)23-6-5-19-16-21(32)8-10-25(19,2)22(23)9-11-26(20,27)3/h15,19-23,31-33H,4-14,16-17H2,1-3H3,(H4,28,29,30)/b18-15+/t19-,20-,21+,22+,23-,25+,26-,27+/m1/s1. The molecular formula is C27H48N4O3. The molecule has 4 saturated carbocycles. The zero-order valence-electron chi connectivity index (χ0n) is 21.6. The van der Waals surface area contributed by atoms with Gasteiger partial charge in [0, 0.05) is 18.5 Å². The first kappa shape index (κ1) is 25.9. The second kappa shape index (κ2) is 10.1. The highest BCUT2D eigenvalue weighted by Crippen LogP contribution is 2.69. The second-order valence-corrected chi connectivity index (χ2v) is 12.3. The number of allylic oxidation sites excluding steroid dienone is 1. The summed E-state index contributed by atoms with van der Waals surface area (Å²) in [5.41, 5.74) is 14.6. The quantitative estimate of drug-likeness (QED) is 0.120. The van der Waals surface area contributed by atoms with E-state index in [1.807, 2.05) is 0 Å². The molecule has 4 rings (SSSR count). The molecule has 34 heavy (non-hydrogen) atoms. The average Bonchev–Trinajstić information content (AvgIpc) is 3.04. The number of nitrogens with zero attached hydrogens (tertiary/aromatic N) is 1. The Labute approximate surface area is 205 Å². The number of nitrogens with one attached hydrogen (secondary N) is 1. The minimum Gasteiger partial charge on any atom is -0.393 e. The van der Waals surface area contributed by atoms with Crippen LogP contribution in [0.5, 0.6) is 0 Å². The minimum atomic E-state index is -0.573. The maximum atomic E-state index is 12.3. The van der Waals surface area contributed by atoms with Gasteiger partial charge in [-0.25, -0.2) is 0 Å². The zero-order chi connectivity index (χ0) is 24.6. The molecule has 4 aliphatic rings. The van der Waals surface area contributed by atoms with Gasteiger partial charge in [0.25, 0.3) is 0 Å². The number of aliphatic hydroxyl groups excluding tert-OH is 1. The summed E-state index contributed by atoms with van der Waals surface area (Å²) in [5.74, 6) is 2.13. The van der Waals surface area contributed by atoms with Gasteiger partial charge >= 0.3 is 0 Å². The molecule has 0 aromatic rings. The van der Waals surface area contributed by atoms with Crippen LogP contribution in [-0.4, -0.2) is 47.6 Å². The van der Waals surface area contributed by atoms with Gasteiger partial charge in [0.1, 0.15) is 0 Å². The molecule has 7 heteroatoms. The first-order chi connectivity index (χ1) is 16.1. The Morgan fingerprint density at radius 1 is 1.09 bits per heavy atom. The maximum absolute atomic E-state index is 12.3. The van der Waals surface area contributed by atoms with Crippen molar-refractivity contribution < 1.29 is 15.1 Å². The SMILES string of the molecule is C/C(=C\[C@H]1CC[C@]2(O)[C@@H]3CC[C@@H]4C[C@@H](O)CC[C@]4(C)[C@H]3CC[C@]12C)CNOCCCN=C(N)N. The lowest BCUT2D eigenvalue weighted by Gasteiger charge is -2.63. The number of guanidine groups is 1. The van der Waals surface area contributed by atoms with Crippen molar-refractivity contribution in [2.24, 2.45) is 51.0 Å². The van der Waals surface area contributed by atoms with Crippen LogP contribution in [0.15, 0.2) is 16.6 Å². The van der Waals surface area contributed by atoms with E-state index in [0.717, 1.165) is 57.8 Å². The molecule has 8 atom stereocenters. The largest absolute Gasteiger partial charge is 0.393 e. The maximum Gasteiger partial charge on any atom is 0.185 e. The Hall–Kier alpha value is -1.15. The molecule has 194 valence electrons. The molecule has 0 aromatic carbocycles. The Morgan fingerprint density at radius 2 is 1.88 bits per heavy atom. The van der Waals surface area contributed by atoms with Crippen LogP contribution in [0.2, 0.25) is 0 Å². The van der Waals surface area contributed by atoms with Crippen LogP contribution in [0.3, 0.4) is 0 Å². The van der Waals surface area contributed by atoms with E-state index in [9.17, 15) is 10.2 Å². The summed E-state index contributed by atoms with van der Waals surface area (Å²) in [4.78, 5) is 9.49. The monoisotopic (exact) mass is 476 g/mol. The van der Waals surface area contributed by atoms with Crippen LogP contribution < -0.4 is 16.9 Å². The normalized spacial score (nSPS) is 44.1. The lowest BCUT2D eigenvalue weighted by atomic mass is 9.43. The van der Waals surface area contributed by atoms with E-state index in [0.29, 0.717) is 43.4 Å². The number of hydrogen-bond acceptors (Lipinski definition) is 5. The topological polar surface area (TPSA) is 126 Å². The Balaban J connectivity index is 1.36. The molecule has 0 aromatic heterocycles. The number of hydroxylamine groups is 1. The number of fused-ring (bicyclic) bond motifs is 5. The molecule has 0 heterocycles. The third kappa shape index (κ3) is 4.65. The summed E-state index contributed by atoms with van der Waals surface area (Å²) < 4.78 is 0. The fourth-order valence-electron chi connectivity index (χ4n) is 8.50. The van der Waals surface area contributed by atoms with Crippen molar-refractivity contribution in [3.8, 4) is 0 Å². The molecule has 4 fully saturated rings. The van der Waals surface area contributed by atoms with Gasteiger partial charge < -0.3 is 26.5 Å². The van der Waals surface area contributed by atoms with Gasteiger partial charge in [-0.1, -0.05) is 25.5 Å². The second-order valence-electron chi connectivity index (χ2n) is 12.3. The predicted molar refractivity (Wildman–Crippen MR) is 136 cm³/mol. The third-order valence-electron chi connectivity index (χ3n) is 10.5. The van der Waals surface area contributed by atoms with Crippen LogP contribution >= 0.6 is 0 Å². The van der Waals surface area contributed by atoms with E-state index < -0.39 is 5.60 Å². The molecule has 7 nitrogen and oxygen atoms in total. The van der Waals surface area contributed by atoms with Crippen LogP contribution in [-0.2, 0) is 4.84 Å². The third-order valence-corrected chi connectivity index (χ3v) is 10.5. The number of nitrogens with two attached hydrogens (primary N) is 2. The van der Waals surface area contributed by atoms with Crippen molar-refractivity contribution in [3.63, 3.8) is 0 Å². The minimum absolute atomic E-state index is 0.0617. The predicted octanol–water partition coefficient (Wildman–Crippen LogP) is 3.25. The summed E-state index contributed by atoms with van der Waals surface area (Å²) >= 11 is 0. The van der Waals surface area contributed by atoms with Crippen molar-refractivity contribution >= 4 is 5.96 Å². The van der Waals surface area contributed by atoms with E-state index >= 15 is 0 Å². The number of aliphatic imine (C=N–C) groups is 1. The smallest absolute Gasteiger partial charge is 0.185 e. The van der Waals surface area contributed by atoms with Gasteiger partial charge in [0.15, 0.2) is 5.96 Å². The highest BCUT2D eigenvalue weighted by Gasteiger charge is 2.66. The summed E-state index contributed by atoms with van der Waals surface area (Å²) in [7, 11) is 0. The van der Waals surface area contributed by atoms with Crippen LogP contribution in [0, 0.1) is 34.5 Å². The van der Waals surface area contributed by atoms with Gasteiger partial charge in [0.05, 0.1) is 18.3 Å². The molecule has 0 radical (unpaired) electrons. The molecule has 0 bridgehead atoms. The molecule has 7 N–H and O–H groups in total. The molecular weight excluding hydrogens is 428 g/mol. The molecule has 0 spiro atoms. The molecule has 0 saturated heterocycles. The first-order valence-corrected chi connectivity index (χ1v) is 13.6. The summed E-state index contributed by atoms with van der Waals surface area (Å²) in [6, 6.07) is 0. The van der Waals surface area contributed by atoms with Gasteiger partial charge in [-0.05, 0) is 100 Å². The summed E-state index contributed by atoms with van der Waals surface area (Å²) in [6.07, 6.45) is 12.6.